The second kappa shape index (κ2) is 6.89. The Hall–Kier alpha value is -1.62. The maximum Gasteiger partial charge on any atom is 0.272 e. The number of hydrogen-bond acceptors (Lipinski definition) is 3. The molecule has 2 rings (SSSR count). The van der Waals surface area contributed by atoms with Crippen LogP contribution in [0.4, 0.5) is 5.69 Å². The third kappa shape index (κ3) is 3.94. The van der Waals surface area contributed by atoms with Crippen LogP contribution < -0.4 is 5.32 Å². The van der Waals surface area contributed by atoms with E-state index in [1.165, 1.54) is 6.07 Å². The summed E-state index contributed by atoms with van der Waals surface area (Å²) in [5.41, 5.74) is 1.68. The molecule has 0 aromatic heterocycles. The van der Waals surface area contributed by atoms with Gasteiger partial charge in [0.2, 0.25) is 0 Å². The van der Waals surface area contributed by atoms with Crippen LogP contribution in [0.1, 0.15) is 17.2 Å². The highest BCUT2D eigenvalue weighted by molar-refractivity contribution is 6.34. The van der Waals surface area contributed by atoms with Gasteiger partial charge in [0.25, 0.3) is 5.69 Å². The van der Waals surface area contributed by atoms with Gasteiger partial charge in [0, 0.05) is 27.7 Å². The first-order valence-electron chi connectivity index (χ1n) is 6.37. The summed E-state index contributed by atoms with van der Waals surface area (Å²) >= 11 is 12.0. The molecule has 0 aliphatic carbocycles. The zero-order chi connectivity index (χ0) is 15.4. The first-order valence-corrected chi connectivity index (χ1v) is 7.12. The van der Waals surface area contributed by atoms with Crippen LogP contribution in [0.2, 0.25) is 10.0 Å². The maximum atomic E-state index is 11.1. The van der Waals surface area contributed by atoms with Crippen molar-refractivity contribution in [2.24, 2.45) is 0 Å². The number of nitro groups is 1. The number of rotatable bonds is 5. The molecule has 0 amide bonds. The number of nitrogens with one attached hydrogen (secondary N) is 1. The van der Waals surface area contributed by atoms with Crippen LogP contribution in [0.25, 0.3) is 0 Å². The number of nitro benzene ring substituents is 1. The lowest BCUT2D eigenvalue weighted by molar-refractivity contribution is -0.385. The van der Waals surface area contributed by atoms with E-state index in [4.69, 9.17) is 23.2 Å². The molecule has 1 N–H and O–H groups in total. The van der Waals surface area contributed by atoms with Crippen LogP contribution >= 0.6 is 23.2 Å². The summed E-state index contributed by atoms with van der Waals surface area (Å²) in [6.45, 7) is 0. The Morgan fingerprint density at radius 3 is 2.38 bits per heavy atom. The quantitative estimate of drug-likeness (QED) is 0.654. The van der Waals surface area contributed by atoms with Crippen LogP contribution in [0.15, 0.2) is 42.5 Å². The van der Waals surface area contributed by atoms with E-state index in [1.807, 2.05) is 12.1 Å². The van der Waals surface area contributed by atoms with Gasteiger partial charge in [-0.05, 0) is 37.2 Å². The number of likely N-dealkylation sites (N-methyl/N-ethyl adjacent to an activating group) is 1. The number of benzene rings is 2. The fraction of sp³-hybridized carbons (Fsp3) is 0.200. The summed E-state index contributed by atoms with van der Waals surface area (Å²) in [6.07, 6.45) is 0.477. The van der Waals surface area contributed by atoms with Crippen molar-refractivity contribution in [1.29, 1.82) is 0 Å². The molecule has 0 aliphatic rings. The lowest BCUT2D eigenvalue weighted by Gasteiger charge is -2.17. The summed E-state index contributed by atoms with van der Waals surface area (Å²) < 4.78 is 0. The Bertz CT molecular complexity index is 642. The third-order valence-corrected chi connectivity index (χ3v) is 3.68. The van der Waals surface area contributed by atoms with Crippen LogP contribution in [0.3, 0.4) is 0 Å². The fourth-order valence-corrected chi connectivity index (χ4v) is 2.79. The fourth-order valence-electron chi connectivity index (χ4n) is 2.24. The van der Waals surface area contributed by atoms with Gasteiger partial charge in [-0.1, -0.05) is 41.4 Å². The summed E-state index contributed by atoms with van der Waals surface area (Å²) in [6, 6.07) is 11.9. The van der Waals surface area contributed by atoms with Crippen molar-refractivity contribution in [3.63, 3.8) is 0 Å². The highest BCUT2D eigenvalue weighted by Crippen LogP contribution is 2.28. The molecule has 0 radical (unpaired) electrons. The minimum atomic E-state index is -0.368. The van der Waals surface area contributed by atoms with Gasteiger partial charge in [0.15, 0.2) is 0 Å². The van der Waals surface area contributed by atoms with Gasteiger partial charge in [0.05, 0.1) is 4.92 Å². The average Bonchev–Trinajstić information content (AvgIpc) is 2.43. The molecule has 0 spiro atoms. The van der Waals surface area contributed by atoms with Crippen molar-refractivity contribution in [3.8, 4) is 0 Å². The molecule has 0 fully saturated rings. The zero-order valence-corrected chi connectivity index (χ0v) is 12.9. The van der Waals surface area contributed by atoms with Crippen molar-refractivity contribution in [2.45, 2.75) is 12.5 Å². The summed E-state index contributed by atoms with van der Waals surface area (Å²) in [5, 5.41) is 15.3. The topological polar surface area (TPSA) is 55.2 Å². The SMILES string of the molecule is CNC(Cc1ccccc1[N+](=O)[O-])c1cc(Cl)cc(Cl)c1. The Morgan fingerprint density at radius 1 is 1.19 bits per heavy atom. The van der Waals surface area contributed by atoms with Gasteiger partial charge in [-0.3, -0.25) is 10.1 Å². The summed E-state index contributed by atoms with van der Waals surface area (Å²) in [4.78, 5) is 10.7. The minimum Gasteiger partial charge on any atom is -0.313 e. The highest BCUT2D eigenvalue weighted by Gasteiger charge is 2.18. The van der Waals surface area contributed by atoms with E-state index in [1.54, 1.807) is 31.3 Å². The molecular formula is C15H14Cl2N2O2. The van der Waals surface area contributed by atoms with Crippen LogP contribution in [-0.2, 0) is 6.42 Å². The van der Waals surface area contributed by atoms with Crippen molar-refractivity contribution >= 4 is 28.9 Å². The molecular weight excluding hydrogens is 311 g/mol. The molecule has 1 unspecified atom stereocenters. The molecule has 0 bridgehead atoms. The standard InChI is InChI=1S/C15H14Cl2N2O2/c1-18-14(11-6-12(16)9-13(17)7-11)8-10-4-2-3-5-15(10)19(20)21/h2-7,9,14,18H,8H2,1H3. The van der Waals surface area contributed by atoms with Gasteiger partial charge in [0.1, 0.15) is 0 Å². The summed E-state index contributed by atoms with van der Waals surface area (Å²) in [7, 11) is 1.80. The molecule has 0 heterocycles. The molecule has 0 saturated carbocycles. The van der Waals surface area contributed by atoms with Crippen LogP contribution in [0, 0.1) is 10.1 Å². The first kappa shape index (κ1) is 15.8. The highest BCUT2D eigenvalue weighted by atomic mass is 35.5. The van der Waals surface area contributed by atoms with E-state index in [9.17, 15) is 10.1 Å². The normalized spacial score (nSPS) is 12.1. The molecule has 2 aromatic carbocycles. The Kier molecular flexibility index (Phi) is 5.17. The molecule has 2 aromatic rings. The Morgan fingerprint density at radius 2 is 1.81 bits per heavy atom. The minimum absolute atomic E-state index is 0.109. The Balaban J connectivity index is 2.33. The van der Waals surface area contributed by atoms with Crippen molar-refractivity contribution in [3.05, 3.63) is 73.8 Å². The summed E-state index contributed by atoms with van der Waals surface area (Å²) in [5.74, 6) is 0. The second-order valence-electron chi connectivity index (χ2n) is 4.63. The first-order chi connectivity index (χ1) is 10.0. The van der Waals surface area contributed by atoms with E-state index in [-0.39, 0.29) is 16.7 Å². The second-order valence-corrected chi connectivity index (χ2v) is 5.51. The lowest BCUT2D eigenvalue weighted by atomic mass is 9.98. The van der Waals surface area contributed by atoms with Gasteiger partial charge in [-0.2, -0.15) is 0 Å². The van der Waals surface area contributed by atoms with Crippen LogP contribution in [0.5, 0.6) is 0 Å². The lowest BCUT2D eigenvalue weighted by Crippen LogP contribution is -2.19. The maximum absolute atomic E-state index is 11.1. The van der Waals surface area contributed by atoms with E-state index in [0.717, 1.165) is 5.56 Å². The molecule has 21 heavy (non-hydrogen) atoms. The monoisotopic (exact) mass is 324 g/mol. The van der Waals surface area contributed by atoms with Gasteiger partial charge in [-0.25, -0.2) is 0 Å². The molecule has 110 valence electrons. The molecule has 4 nitrogen and oxygen atoms in total. The van der Waals surface area contributed by atoms with E-state index in [2.05, 4.69) is 5.32 Å². The van der Waals surface area contributed by atoms with Gasteiger partial charge >= 0.3 is 0 Å². The van der Waals surface area contributed by atoms with E-state index in [0.29, 0.717) is 22.0 Å². The number of para-hydroxylation sites is 1. The largest absolute Gasteiger partial charge is 0.313 e. The number of hydrogen-bond donors (Lipinski definition) is 1. The molecule has 0 saturated heterocycles. The van der Waals surface area contributed by atoms with Crippen LogP contribution in [-0.4, -0.2) is 12.0 Å². The van der Waals surface area contributed by atoms with Gasteiger partial charge < -0.3 is 5.32 Å². The zero-order valence-electron chi connectivity index (χ0n) is 11.3. The predicted molar refractivity (Wildman–Crippen MR) is 85.1 cm³/mol. The van der Waals surface area contributed by atoms with Crippen molar-refractivity contribution in [2.75, 3.05) is 7.05 Å². The molecule has 0 aliphatic heterocycles. The number of nitrogens with zero attached hydrogens (tertiary/aromatic N) is 1. The smallest absolute Gasteiger partial charge is 0.272 e. The Labute approximate surface area is 132 Å². The van der Waals surface area contributed by atoms with Crippen molar-refractivity contribution in [1.82, 2.24) is 5.32 Å². The number of halogens is 2. The molecule has 1 atom stereocenters. The predicted octanol–water partition coefficient (Wildman–Crippen LogP) is 4.40. The third-order valence-electron chi connectivity index (χ3n) is 3.25. The van der Waals surface area contributed by atoms with E-state index >= 15 is 0 Å². The average molecular weight is 325 g/mol. The van der Waals surface area contributed by atoms with Gasteiger partial charge in [-0.15, -0.1) is 0 Å². The van der Waals surface area contributed by atoms with E-state index < -0.39 is 0 Å². The molecule has 6 heteroatoms. The van der Waals surface area contributed by atoms with Crippen molar-refractivity contribution < 1.29 is 4.92 Å².